The molecule has 1 aliphatic heterocycles. The molecule has 5 aromatic carbocycles. The van der Waals surface area contributed by atoms with Crippen LogP contribution in [0.4, 0.5) is 4.79 Å². The Morgan fingerprint density at radius 1 is 0.667 bits per heavy atom. The average molecular weight is 525 g/mol. The summed E-state index contributed by atoms with van der Waals surface area (Å²) in [5.74, 6) is -0.246. The average Bonchev–Trinajstić information content (AvgIpc) is 3.44. The normalized spacial score (nSPS) is 14.9. The monoisotopic (exact) mass is 524 g/mol. The molecular formula is C34H24N2O2S. The van der Waals surface area contributed by atoms with Gasteiger partial charge in [0.05, 0.1) is 11.4 Å². The van der Waals surface area contributed by atoms with Gasteiger partial charge in [-0.2, -0.15) is 0 Å². The smallest absolute Gasteiger partial charge is 0.293 e. The van der Waals surface area contributed by atoms with E-state index in [0.29, 0.717) is 11.4 Å². The number of carbonyl (C=O) groups is 2. The van der Waals surface area contributed by atoms with Crippen molar-refractivity contribution in [3.63, 3.8) is 0 Å². The zero-order valence-corrected chi connectivity index (χ0v) is 21.9. The van der Waals surface area contributed by atoms with Crippen LogP contribution in [0, 0.1) is 0 Å². The molecule has 1 aromatic heterocycles. The van der Waals surface area contributed by atoms with Crippen molar-refractivity contribution in [2.75, 3.05) is 0 Å². The number of hydrogen-bond acceptors (Lipinski definition) is 3. The van der Waals surface area contributed by atoms with Gasteiger partial charge >= 0.3 is 0 Å². The van der Waals surface area contributed by atoms with Gasteiger partial charge in [0.2, 0.25) is 0 Å². The molecule has 1 fully saturated rings. The van der Waals surface area contributed by atoms with E-state index in [1.54, 1.807) is 0 Å². The number of aromatic nitrogens is 1. The molecule has 0 N–H and O–H groups in total. The summed E-state index contributed by atoms with van der Waals surface area (Å²) < 4.78 is 2.22. The van der Waals surface area contributed by atoms with E-state index in [-0.39, 0.29) is 17.7 Å². The Labute approximate surface area is 230 Å². The second-order valence-corrected chi connectivity index (χ2v) is 10.8. The van der Waals surface area contributed by atoms with Crippen LogP contribution in [0.15, 0.2) is 120 Å². The van der Waals surface area contributed by atoms with E-state index in [0.717, 1.165) is 44.6 Å². The third-order valence-corrected chi connectivity index (χ3v) is 8.26. The largest absolute Gasteiger partial charge is 0.342 e. The highest BCUT2D eigenvalue weighted by molar-refractivity contribution is 8.18. The van der Waals surface area contributed by atoms with Crippen LogP contribution >= 0.6 is 11.8 Å². The molecule has 1 aliphatic rings. The van der Waals surface area contributed by atoms with Crippen molar-refractivity contribution in [2.45, 2.75) is 13.1 Å². The lowest BCUT2D eigenvalue weighted by Crippen LogP contribution is -2.27. The Hall–Kier alpha value is -4.61. The van der Waals surface area contributed by atoms with Crippen molar-refractivity contribution in [1.82, 2.24) is 9.47 Å². The predicted molar refractivity (Wildman–Crippen MR) is 160 cm³/mol. The molecule has 6 aromatic rings. The number of para-hydroxylation sites is 1. The van der Waals surface area contributed by atoms with Crippen molar-refractivity contribution in [1.29, 1.82) is 0 Å². The number of imide groups is 1. The number of fused-ring (bicyclic) bond motifs is 3. The number of benzene rings is 5. The predicted octanol–water partition coefficient (Wildman–Crippen LogP) is 8.23. The fraction of sp³-hybridized carbons (Fsp3) is 0.0588. The van der Waals surface area contributed by atoms with Crippen molar-refractivity contribution in [3.05, 3.63) is 137 Å². The van der Waals surface area contributed by atoms with Gasteiger partial charge in [-0.05, 0) is 62.6 Å². The summed E-state index contributed by atoms with van der Waals surface area (Å²) in [5, 5.41) is 5.49. The van der Waals surface area contributed by atoms with Crippen LogP contribution in [-0.2, 0) is 17.9 Å². The molecule has 0 atom stereocenters. The first-order valence-corrected chi connectivity index (χ1v) is 13.7. The Morgan fingerprint density at radius 3 is 2.26 bits per heavy atom. The number of thioether (sulfide) groups is 1. The quantitative estimate of drug-likeness (QED) is 0.213. The molecule has 0 aliphatic carbocycles. The molecule has 2 heterocycles. The van der Waals surface area contributed by atoms with Gasteiger partial charge in [-0.1, -0.05) is 97.1 Å². The van der Waals surface area contributed by atoms with Gasteiger partial charge in [-0.25, -0.2) is 0 Å². The highest BCUT2D eigenvalue weighted by Crippen LogP contribution is 2.35. The van der Waals surface area contributed by atoms with E-state index in [9.17, 15) is 9.59 Å². The second-order valence-electron chi connectivity index (χ2n) is 9.82. The Bertz CT molecular complexity index is 1950. The lowest BCUT2D eigenvalue weighted by atomic mass is 10.0. The molecule has 39 heavy (non-hydrogen) atoms. The minimum atomic E-state index is -0.246. The minimum absolute atomic E-state index is 0.237. The Balaban J connectivity index is 1.21. The van der Waals surface area contributed by atoms with Crippen LogP contribution in [0.3, 0.4) is 0 Å². The molecule has 0 radical (unpaired) electrons. The number of rotatable bonds is 5. The standard InChI is InChI=1S/C34H24N2O2S/c37-33-32(39-34(38)36(33)20-23-16-17-24-8-1-2-10-26(24)18-23)19-28-22-35(31-15-6-5-14-30(28)31)21-27-12-7-11-25-9-3-4-13-29(25)27/h1-19,22H,20-21H2/b32-19-. The van der Waals surface area contributed by atoms with Crippen molar-refractivity contribution < 1.29 is 9.59 Å². The fourth-order valence-electron chi connectivity index (χ4n) is 5.43. The van der Waals surface area contributed by atoms with Crippen molar-refractivity contribution in [2.24, 2.45) is 0 Å². The molecule has 1 saturated heterocycles. The SMILES string of the molecule is O=C1S/C(=C\c2cn(Cc3cccc4ccccc34)c3ccccc23)C(=O)N1Cc1ccc2ccccc2c1. The van der Waals surface area contributed by atoms with Crippen LogP contribution in [0.5, 0.6) is 0 Å². The zero-order valence-electron chi connectivity index (χ0n) is 21.1. The van der Waals surface area contributed by atoms with Crippen molar-refractivity contribution >= 4 is 61.4 Å². The third-order valence-electron chi connectivity index (χ3n) is 7.35. The van der Waals surface area contributed by atoms with E-state index < -0.39 is 0 Å². The molecule has 188 valence electrons. The number of nitrogens with zero attached hydrogens (tertiary/aromatic N) is 2. The first-order valence-electron chi connectivity index (χ1n) is 12.9. The second kappa shape index (κ2) is 9.61. The lowest BCUT2D eigenvalue weighted by Gasteiger charge is -2.13. The van der Waals surface area contributed by atoms with E-state index in [1.807, 2.05) is 54.6 Å². The van der Waals surface area contributed by atoms with Gasteiger partial charge in [-0.3, -0.25) is 14.5 Å². The highest BCUT2D eigenvalue weighted by Gasteiger charge is 2.35. The van der Waals surface area contributed by atoms with E-state index in [4.69, 9.17) is 0 Å². The van der Waals surface area contributed by atoms with Gasteiger partial charge in [-0.15, -0.1) is 0 Å². The van der Waals surface area contributed by atoms with Crippen LogP contribution in [0.1, 0.15) is 16.7 Å². The van der Waals surface area contributed by atoms with Gasteiger partial charge in [0.15, 0.2) is 0 Å². The van der Waals surface area contributed by atoms with Crippen LogP contribution in [-0.4, -0.2) is 20.6 Å². The molecule has 2 amide bonds. The highest BCUT2D eigenvalue weighted by atomic mass is 32.2. The van der Waals surface area contributed by atoms with Crippen LogP contribution in [0.25, 0.3) is 38.5 Å². The number of carbonyl (C=O) groups excluding carboxylic acids is 2. The van der Waals surface area contributed by atoms with Gasteiger partial charge in [0.25, 0.3) is 11.1 Å². The van der Waals surface area contributed by atoms with Crippen molar-refractivity contribution in [3.8, 4) is 0 Å². The summed E-state index contributed by atoms with van der Waals surface area (Å²) in [6, 6.07) is 37.2. The summed E-state index contributed by atoms with van der Waals surface area (Å²) >= 11 is 1.01. The molecule has 0 unspecified atom stereocenters. The Kier molecular flexibility index (Phi) is 5.79. The molecule has 0 saturated carbocycles. The molecule has 4 nitrogen and oxygen atoms in total. The van der Waals surface area contributed by atoms with Crippen LogP contribution < -0.4 is 0 Å². The van der Waals surface area contributed by atoms with E-state index in [2.05, 4.69) is 71.4 Å². The fourth-order valence-corrected chi connectivity index (χ4v) is 6.26. The summed E-state index contributed by atoms with van der Waals surface area (Å²) in [5.41, 5.74) is 4.19. The molecule has 0 spiro atoms. The third kappa shape index (κ3) is 4.31. The zero-order chi connectivity index (χ0) is 26.3. The molecule has 5 heteroatoms. The number of amides is 2. The van der Waals surface area contributed by atoms with Crippen LogP contribution in [0.2, 0.25) is 0 Å². The summed E-state index contributed by atoms with van der Waals surface area (Å²) in [6.45, 7) is 0.967. The Morgan fingerprint density at radius 2 is 1.38 bits per heavy atom. The van der Waals surface area contributed by atoms with Gasteiger partial charge in [0, 0.05) is 29.2 Å². The maximum atomic E-state index is 13.4. The first kappa shape index (κ1) is 23.5. The minimum Gasteiger partial charge on any atom is -0.342 e. The molecule has 7 rings (SSSR count). The van der Waals surface area contributed by atoms with E-state index >= 15 is 0 Å². The molecular weight excluding hydrogens is 500 g/mol. The number of hydrogen-bond donors (Lipinski definition) is 0. The van der Waals surface area contributed by atoms with E-state index in [1.165, 1.54) is 21.2 Å². The lowest BCUT2D eigenvalue weighted by molar-refractivity contribution is -0.123. The molecule has 0 bridgehead atoms. The maximum absolute atomic E-state index is 13.4. The topological polar surface area (TPSA) is 42.3 Å². The van der Waals surface area contributed by atoms with Gasteiger partial charge in [0.1, 0.15) is 0 Å². The summed E-state index contributed by atoms with van der Waals surface area (Å²) in [7, 11) is 0. The summed E-state index contributed by atoms with van der Waals surface area (Å²) in [6.07, 6.45) is 3.96. The first-order chi connectivity index (χ1) is 19.1. The summed E-state index contributed by atoms with van der Waals surface area (Å²) in [4.78, 5) is 28.1. The van der Waals surface area contributed by atoms with Gasteiger partial charge < -0.3 is 4.57 Å². The maximum Gasteiger partial charge on any atom is 0.293 e.